The third-order valence-electron chi connectivity index (χ3n) is 4.65. The Morgan fingerprint density at radius 2 is 1.61 bits per heavy atom. The largest absolute Gasteiger partial charge is 0.490 e. The summed E-state index contributed by atoms with van der Waals surface area (Å²) in [4.78, 5) is 26.6. The number of carbonyl (C=O) groups excluding carboxylic acids is 2. The van der Waals surface area contributed by atoms with Crippen LogP contribution in [0, 0.1) is 0 Å². The lowest BCUT2D eigenvalue weighted by atomic mass is 10.2. The number of para-hydroxylation sites is 1. The van der Waals surface area contributed by atoms with E-state index in [0.29, 0.717) is 36.8 Å². The van der Waals surface area contributed by atoms with E-state index in [1.807, 2.05) is 32.0 Å². The van der Waals surface area contributed by atoms with Gasteiger partial charge < -0.3 is 25.0 Å². The third-order valence-corrected chi connectivity index (χ3v) is 4.65. The molecule has 2 aromatic rings. The minimum atomic E-state index is -0.330. The summed E-state index contributed by atoms with van der Waals surface area (Å²) in [5, 5.41) is 5.49. The van der Waals surface area contributed by atoms with E-state index in [9.17, 15) is 9.59 Å². The van der Waals surface area contributed by atoms with Crippen molar-refractivity contribution in [1.29, 1.82) is 0 Å². The van der Waals surface area contributed by atoms with Crippen molar-refractivity contribution in [2.75, 3.05) is 44.8 Å². The molecule has 2 rings (SSSR count). The van der Waals surface area contributed by atoms with E-state index in [1.165, 1.54) is 5.69 Å². The smallest absolute Gasteiger partial charge is 0.251 e. The van der Waals surface area contributed by atoms with Crippen LogP contribution in [0.15, 0.2) is 48.5 Å². The molecule has 0 atom stereocenters. The fraction of sp³-hybridized carbons (Fsp3) is 0.417. The number of nitrogens with zero attached hydrogens (tertiary/aromatic N) is 1. The molecule has 0 aliphatic heterocycles. The highest BCUT2D eigenvalue weighted by atomic mass is 16.5. The lowest BCUT2D eigenvalue weighted by Gasteiger charge is -2.19. The molecule has 0 saturated heterocycles. The number of benzene rings is 2. The van der Waals surface area contributed by atoms with Gasteiger partial charge in [0.1, 0.15) is 0 Å². The van der Waals surface area contributed by atoms with Gasteiger partial charge in [0.2, 0.25) is 5.91 Å². The summed E-state index contributed by atoms with van der Waals surface area (Å²) in [5.74, 6) is 0.572. The van der Waals surface area contributed by atoms with Crippen LogP contribution in [0.25, 0.3) is 0 Å². The van der Waals surface area contributed by atoms with Gasteiger partial charge in [0.25, 0.3) is 5.91 Å². The highest BCUT2D eigenvalue weighted by molar-refractivity contribution is 5.97. The summed E-state index contributed by atoms with van der Waals surface area (Å²) in [6.07, 6.45) is 1.83. The molecule has 7 nitrogen and oxygen atoms in total. The number of anilines is 1. The number of unbranched alkanes of at least 4 members (excludes halogenated alkanes) is 1. The predicted octanol–water partition coefficient (Wildman–Crippen LogP) is 3.25. The zero-order valence-corrected chi connectivity index (χ0v) is 18.6. The van der Waals surface area contributed by atoms with E-state index in [0.717, 1.165) is 19.4 Å². The molecular formula is C24H33N3O4. The monoisotopic (exact) mass is 427 g/mol. The van der Waals surface area contributed by atoms with Gasteiger partial charge in [-0.25, -0.2) is 0 Å². The van der Waals surface area contributed by atoms with Crippen LogP contribution in [0.5, 0.6) is 11.5 Å². The highest BCUT2D eigenvalue weighted by Gasteiger charge is 2.12. The molecule has 2 amide bonds. The summed E-state index contributed by atoms with van der Waals surface area (Å²) in [7, 11) is 2.06. The topological polar surface area (TPSA) is 79.9 Å². The van der Waals surface area contributed by atoms with Crippen LogP contribution < -0.4 is 25.0 Å². The first kappa shape index (κ1) is 24.1. The molecule has 0 aliphatic rings. The van der Waals surface area contributed by atoms with Gasteiger partial charge in [-0.15, -0.1) is 0 Å². The maximum Gasteiger partial charge on any atom is 0.251 e. The molecule has 2 aromatic carbocycles. The minimum Gasteiger partial charge on any atom is -0.490 e. The maximum atomic E-state index is 12.4. The Labute approximate surface area is 184 Å². The van der Waals surface area contributed by atoms with E-state index in [2.05, 4.69) is 34.7 Å². The van der Waals surface area contributed by atoms with Gasteiger partial charge >= 0.3 is 0 Å². The van der Waals surface area contributed by atoms with E-state index >= 15 is 0 Å². The highest BCUT2D eigenvalue weighted by Crippen LogP contribution is 2.28. The van der Waals surface area contributed by atoms with Gasteiger partial charge in [0.05, 0.1) is 19.8 Å². The van der Waals surface area contributed by atoms with Crippen LogP contribution in [0.4, 0.5) is 5.69 Å². The second-order valence-corrected chi connectivity index (χ2v) is 7.02. The first-order valence-electron chi connectivity index (χ1n) is 10.8. The van der Waals surface area contributed by atoms with Gasteiger partial charge in [-0.3, -0.25) is 9.59 Å². The average molecular weight is 428 g/mol. The standard InChI is InChI=1S/C24H33N3O4/c1-4-30-21-14-13-19(17-22(21)31-5-2)24(29)26-18-23(28)25-15-9-10-16-27(3)20-11-7-6-8-12-20/h6-8,11-14,17H,4-5,9-10,15-16,18H2,1-3H3,(H,25,28)(H,26,29). The fourth-order valence-corrected chi connectivity index (χ4v) is 3.03. The molecular weight excluding hydrogens is 394 g/mol. The molecule has 0 aromatic heterocycles. The second-order valence-electron chi connectivity index (χ2n) is 7.02. The Balaban J connectivity index is 1.68. The van der Waals surface area contributed by atoms with Crippen LogP contribution in [-0.2, 0) is 4.79 Å². The number of carbonyl (C=O) groups is 2. The average Bonchev–Trinajstić information content (AvgIpc) is 2.79. The van der Waals surface area contributed by atoms with Crippen molar-refractivity contribution in [1.82, 2.24) is 10.6 Å². The first-order valence-corrected chi connectivity index (χ1v) is 10.8. The quantitative estimate of drug-likeness (QED) is 0.480. The molecule has 7 heteroatoms. The number of hydrogen-bond donors (Lipinski definition) is 2. The zero-order chi connectivity index (χ0) is 22.5. The SMILES string of the molecule is CCOc1ccc(C(=O)NCC(=O)NCCCCN(C)c2ccccc2)cc1OCC. The van der Waals surface area contributed by atoms with Crippen LogP contribution in [0.3, 0.4) is 0 Å². The Hall–Kier alpha value is -3.22. The summed E-state index contributed by atoms with van der Waals surface area (Å²) in [6, 6.07) is 15.2. The number of amides is 2. The third kappa shape index (κ3) is 8.20. The van der Waals surface area contributed by atoms with Crippen LogP contribution in [0.1, 0.15) is 37.0 Å². The van der Waals surface area contributed by atoms with Gasteiger partial charge in [0, 0.05) is 31.4 Å². The number of rotatable bonds is 13. The lowest BCUT2D eigenvalue weighted by Crippen LogP contribution is -2.37. The molecule has 168 valence electrons. The van der Waals surface area contributed by atoms with Crippen LogP contribution >= 0.6 is 0 Å². The predicted molar refractivity (Wildman–Crippen MR) is 123 cm³/mol. The van der Waals surface area contributed by atoms with Crippen molar-refractivity contribution in [3.63, 3.8) is 0 Å². The Morgan fingerprint density at radius 1 is 0.903 bits per heavy atom. The van der Waals surface area contributed by atoms with E-state index < -0.39 is 0 Å². The summed E-state index contributed by atoms with van der Waals surface area (Å²) in [6.45, 7) is 6.15. The summed E-state index contributed by atoms with van der Waals surface area (Å²) < 4.78 is 11.0. The second kappa shape index (κ2) is 13.2. The van der Waals surface area contributed by atoms with Crippen molar-refractivity contribution in [2.45, 2.75) is 26.7 Å². The Bertz CT molecular complexity index is 827. The van der Waals surface area contributed by atoms with Crippen molar-refractivity contribution < 1.29 is 19.1 Å². The van der Waals surface area contributed by atoms with Crippen molar-refractivity contribution in [3.05, 3.63) is 54.1 Å². The maximum absolute atomic E-state index is 12.4. The van der Waals surface area contributed by atoms with E-state index in [-0.39, 0.29) is 18.4 Å². The van der Waals surface area contributed by atoms with Crippen molar-refractivity contribution >= 4 is 17.5 Å². The van der Waals surface area contributed by atoms with Crippen LogP contribution in [0.2, 0.25) is 0 Å². The normalized spacial score (nSPS) is 10.3. The van der Waals surface area contributed by atoms with Crippen molar-refractivity contribution in [2.24, 2.45) is 0 Å². The first-order chi connectivity index (χ1) is 15.0. The fourth-order valence-electron chi connectivity index (χ4n) is 3.03. The number of ether oxygens (including phenoxy) is 2. The molecule has 0 spiro atoms. The van der Waals surface area contributed by atoms with Crippen molar-refractivity contribution in [3.8, 4) is 11.5 Å². The molecule has 0 unspecified atom stereocenters. The molecule has 0 saturated carbocycles. The number of hydrogen-bond acceptors (Lipinski definition) is 5. The van der Waals surface area contributed by atoms with Crippen LogP contribution in [-0.4, -0.2) is 51.7 Å². The van der Waals surface area contributed by atoms with Gasteiger partial charge in [-0.1, -0.05) is 18.2 Å². The molecule has 0 fully saturated rings. The number of nitrogens with one attached hydrogen (secondary N) is 2. The molecule has 0 heterocycles. The van der Waals surface area contributed by atoms with Gasteiger partial charge in [0.15, 0.2) is 11.5 Å². The molecule has 0 bridgehead atoms. The van der Waals surface area contributed by atoms with E-state index in [4.69, 9.17) is 9.47 Å². The zero-order valence-electron chi connectivity index (χ0n) is 18.6. The van der Waals surface area contributed by atoms with Gasteiger partial charge in [-0.05, 0) is 57.0 Å². The molecule has 31 heavy (non-hydrogen) atoms. The Morgan fingerprint density at radius 3 is 2.32 bits per heavy atom. The van der Waals surface area contributed by atoms with E-state index in [1.54, 1.807) is 18.2 Å². The molecule has 0 aliphatic carbocycles. The summed E-state index contributed by atoms with van der Waals surface area (Å²) >= 11 is 0. The molecule has 0 radical (unpaired) electrons. The molecule has 2 N–H and O–H groups in total. The minimum absolute atomic E-state index is 0.0695. The lowest BCUT2D eigenvalue weighted by molar-refractivity contribution is -0.120. The summed E-state index contributed by atoms with van der Waals surface area (Å²) in [5.41, 5.74) is 1.60. The Kier molecular flexibility index (Phi) is 10.2. The van der Waals surface area contributed by atoms with Gasteiger partial charge in [-0.2, -0.15) is 0 Å².